The van der Waals surface area contributed by atoms with Gasteiger partial charge in [0.2, 0.25) is 0 Å². The van der Waals surface area contributed by atoms with Crippen LogP contribution in [-0.2, 0) is 14.4 Å². The van der Waals surface area contributed by atoms with Gasteiger partial charge in [0.1, 0.15) is 0 Å². The van der Waals surface area contributed by atoms with Gasteiger partial charge in [0.05, 0.1) is 0 Å². The molecule has 0 aliphatic heterocycles. The zero-order valence-electron chi connectivity index (χ0n) is 10.4. The highest BCUT2D eigenvalue weighted by Crippen LogP contribution is 2.32. The molecular weight excluding hydrogens is 236 g/mol. The number of ketones is 1. The van der Waals surface area contributed by atoms with Crippen molar-refractivity contribution in [2.45, 2.75) is 45.4 Å². The second kappa shape index (κ2) is 6.33. The van der Waals surface area contributed by atoms with Gasteiger partial charge in [-0.2, -0.15) is 0 Å². The number of allylic oxidation sites excluding steroid dienone is 1. The topological polar surface area (TPSA) is 91.7 Å². The van der Waals surface area contributed by atoms with Crippen molar-refractivity contribution in [3.63, 3.8) is 0 Å². The summed E-state index contributed by atoms with van der Waals surface area (Å²) in [6.45, 7) is 2.03. The lowest BCUT2D eigenvalue weighted by Gasteiger charge is -2.11. The van der Waals surface area contributed by atoms with Gasteiger partial charge in [-0.3, -0.25) is 14.4 Å². The first-order chi connectivity index (χ1) is 8.49. The Hall–Kier alpha value is -1.65. The van der Waals surface area contributed by atoms with Crippen LogP contribution < -0.4 is 0 Å². The third-order valence-corrected chi connectivity index (χ3v) is 3.22. The Bertz CT molecular complexity index is 380. The smallest absolute Gasteiger partial charge is 0.322 e. The van der Waals surface area contributed by atoms with Crippen LogP contribution in [0.4, 0.5) is 0 Å². The summed E-state index contributed by atoms with van der Waals surface area (Å²) in [5.41, 5.74) is 0.745. The molecule has 1 aliphatic rings. The van der Waals surface area contributed by atoms with Crippen molar-refractivity contribution in [1.29, 1.82) is 0 Å². The zero-order valence-corrected chi connectivity index (χ0v) is 10.4. The lowest BCUT2D eigenvalue weighted by molar-refractivity contribution is -0.152. The van der Waals surface area contributed by atoms with Crippen molar-refractivity contribution < 1.29 is 24.6 Å². The highest BCUT2D eigenvalue weighted by atomic mass is 16.4. The summed E-state index contributed by atoms with van der Waals surface area (Å²) < 4.78 is 0. The first kappa shape index (κ1) is 14.4. The standard InChI is InChI=1S/C13H18O5/c1-2-3-4-5-8-9(6-7-10(8)14)11(12(15)16)13(17)18/h11H,2-7H2,1H3,(H,15,16)(H,17,18). The minimum Gasteiger partial charge on any atom is -0.480 e. The van der Waals surface area contributed by atoms with E-state index in [9.17, 15) is 14.4 Å². The van der Waals surface area contributed by atoms with Crippen LogP contribution in [0.1, 0.15) is 45.4 Å². The molecule has 0 heterocycles. The van der Waals surface area contributed by atoms with E-state index in [4.69, 9.17) is 10.2 Å². The number of carboxylic acid groups (broad SMARTS) is 2. The number of carbonyl (C=O) groups excluding carboxylic acids is 1. The molecule has 0 saturated heterocycles. The molecule has 5 nitrogen and oxygen atoms in total. The fraction of sp³-hybridized carbons (Fsp3) is 0.615. The van der Waals surface area contributed by atoms with Crippen molar-refractivity contribution >= 4 is 17.7 Å². The molecule has 0 spiro atoms. The lowest BCUT2D eigenvalue weighted by Crippen LogP contribution is -2.25. The van der Waals surface area contributed by atoms with Gasteiger partial charge in [0.25, 0.3) is 0 Å². The summed E-state index contributed by atoms with van der Waals surface area (Å²) in [5, 5.41) is 17.9. The molecule has 5 heteroatoms. The summed E-state index contributed by atoms with van der Waals surface area (Å²) in [6.07, 6.45) is 3.76. The van der Waals surface area contributed by atoms with Crippen LogP contribution in [0.25, 0.3) is 0 Å². The molecule has 2 N–H and O–H groups in total. The first-order valence-corrected chi connectivity index (χ1v) is 6.19. The largest absolute Gasteiger partial charge is 0.480 e. The molecule has 0 unspecified atom stereocenters. The lowest BCUT2D eigenvalue weighted by atomic mass is 9.93. The van der Waals surface area contributed by atoms with Crippen molar-refractivity contribution in [1.82, 2.24) is 0 Å². The predicted octanol–water partition coefficient (Wildman–Crippen LogP) is 2.01. The maximum absolute atomic E-state index is 11.7. The van der Waals surface area contributed by atoms with Crippen molar-refractivity contribution in [2.75, 3.05) is 0 Å². The minimum atomic E-state index is -1.56. The summed E-state index contributed by atoms with van der Waals surface area (Å²) in [5.74, 6) is -4.43. The third kappa shape index (κ3) is 3.18. The molecule has 0 aromatic carbocycles. The molecule has 0 saturated carbocycles. The van der Waals surface area contributed by atoms with Crippen LogP contribution >= 0.6 is 0 Å². The van der Waals surface area contributed by atoms with Gasteiger partial charge < -0.3 is 10.2 Å². The number of unbranched alkanes of at least 4 members (excludes halogenated alkanes) is 2. The molecule has 0 aromatic rings. The second-order valence-corrected chi connectivity index (χ2v) is 4.49. The molecule has 0 fully saturated rings. The number of hydrogen-bond acceptors (Lipinski definition) is 3. The summed E-state index contributed by atoms with van der Waals surface area (Å²) in [4.78, 5) is 33.7. The molecule has 0 radical (unpaired) electrons. The molecule has 0 amide bonds. The highest BCUT2D eigenvalue weighted by molar-refractivity contribution is 6.04. The molecule has 1 rings (SSSR count). The quantitative estimate of drug-likeness (QED) is 0.535. The number of rotatable bonds is 7. The van der Waals surface area contributed by atoms with E-state index in [0.717, 1.165) is 19.3 Å². The van der Waals surface area contributed by atoms with Gasteiger partial charge in [0.15, 0.2) is 11.7 Å². The van der Waals surface area contributed by atoms with Crippen LogP contribution in [0, 0.1) is 5.92 Å². The van der Waals surface area contributed by atoms with Gasteiger partial charge in [-0.15, -0.1) is 0 Å². The molecule has 18 heavy (non-hydrogen) atoms. The Kier molecular flexibility index (Phi) is 5.07. The average molecular weight is 254 g/mol. The van der Waals surface area contributed by atoms with Gasteiger partial charge in [-0.05, 0) is 30.4 Å². The van der Waals surface area contributed by atoms with Crippen molar-refractivity contribution in [3.8, 4) is 0 Å². The normalized spacial score (nSPS) is 15.6. The fourth-order valence-corrected chi connectivity index (χ4v) is 2.30. The van der Waals surface area contributed by atoms with E-state index in [2.05, 4.69) is 0 Å². The average Bonchev–Trinajstić information content (AvgIpc) is 2.61. The number of carboxylic acids is 2. The Balaban J connectivity index is 2.95. The van der Waals surface area contributed by atoms with Crippen molar-refractivity contribution in [2.24, 2.45) is 5.92 Å². The fourth-order valence-electron chi connectivity index (χ4n) is 2.30. The molecule has 0 bridgehead atoms. The van der Waals surface area contributed by atoms with Crippen LogP contribution in [0.2, 0.25) is 0 Å². The van der Waals surface area contributed by atoms with E-state index < -0.39 is 17.9 Å². The first-order valence-electron chi connectivity index (χ1n) is 6.19. The van der Waals surface area contributed by atoms with Gasteiger partial charge in [-0.1, -0.05) is 19.8 Å². The van der Waals surface area contributed by atoms with Gasteiger partial charge in [0, 0.05) is 6.42 Å². The van der Waals surface area contributed by atoms with Crippen LogP contribution in [0.5, 0.6) is 0 Å². The minimum absolute atomic E-state index is 0.0893. The monoisotopic (exact) mass is 254 g/mol. The maximum Gasteiger partial charge on any atom is 0.322 e. The van der Waals surface area contributed by atoms with Gasteiger partial charge in [-0.25, -0.2) is 0 Å². The van der Waals surface area contributed by atoms with Crippen LogP contribution in [0.15, 0.2) is 11.1 Å². The van der Waals surface area contributed by atoms with E-state index in [1.807, 2.05) is 6.92 Å². The highest BCUT2D eigenvalue weighted by Gasteiger charge is 2.36. The summed E-state index contributed by atoms with van der Waals surface area (Å²) in [7, 11) is 0. The predicted molar refractivity (Wildman–Crippen MR) is 64.2 cm³/mol. The molecule has 0 aromatic heterocycles. The summed E-state index contributed by atoms with van der Waals surface area (Å²) in [6, 6.07) is 0. The molecule has 100 valence electrons. The molecular formula is C13H18O5. The third-order valence-electron chi connectivity index (χ3n) is 3.22. The van der Waals surface area contributed by atoms with E-state index in [0.29, 0.717) is 17.6 Å². The zero-order chi connectivity index (χ0) is 13.7. The number of Topliss-reactive ketones (excluding diaryl/α,β-unsaturated/α-hetero) is 1. The molecule has 1 aliphatic carbocycles. The number of carbonyl (C=O) groups is 3. The number of aliphatic carboxylic acids is 2. The van der Waals surface area contributed by atoms with E-state index >= 15 is 0 Å². The van der Waals surface area contributed by atoms with Crippen molar-refractivity contribution in [3.05, 3.63) is 11.1 Å². The Morgan fingerprint density at radius 2 is 1.78 bits per heavy atom. The van der Waals surface area contributed by atoms with Crippen LogP contribution in [-0.4, -0.2) is 27.9 Å². The number of hydrogen-bond donors (Lipinski definition) is 2. The van der Waals surface area contributed by atoms with E-state index in [1.165, 1.54) is 0 Å². The Morgan fingerprint density at radius 1 is 1.17 bits per heavy atom. The second-order valence-electron chi connectivity index (χ2n) is 4.49. The Morgan fingerprint density at radius 3 is 2.28 bits per heavy atom. The SMILES string of the molecule is CCCCCC1=C(C(C(=O)O)C(=O)O)CCC1=O. The van der Waals surface area contributed by atoms with Gasteiger partial charge >= 0.3 is 11.9 Å². The van der Waals surface area contributed by atoms with E-state index in [-0.39, 0.29) is 18.6 Å². The Labute approximate surface area is 105 Å². The molecule has 0 atom stereocenters. The summed E-state index contributed by atoms with van der Waals surface area (Å²) >= 11 is 0. The van der Waals surface area contributed by atoms with E-state index in [1.54, 1.807) is 0 Å². The van der Waals surface area contributed by atoms with Crippen LogP contribution in [0.3, 0.4) is 0 Å². The maximum atomic E-state index is 11.7.